The van der Waals surface area contributed by atoms with Crippen molar-refractivity contribution in [1.29, 1.82) is 0 Å². The zero-order valence-corrected chi connectivity index (χ0v) is 21.3. The molecule has 1 N–H and O–H groups in total. The number of thiophene rings is 1. The summed E-state index contributed by atoms with van der Waals surface area (Å²) in [6.07, 6.45) is 4.44. The molecule has 1 aliphatic carbocycles. The van der Waals surface area contributed by atoms with Crippen molar-refractivity contribution in [2.24, 2.45) is 0 Å². The molecular formula is C34H27NS. The zero-order chi connectivity index (χ0) is 24.3. The molecule has 0 amide bonds. The van der Waals surface area contributed by atoms with Crippen LogP contribution in [0, 0.1) is 0 Å². The third-order valence-corrected chi connectivity index (χ3v) is 9.02. The summed E-state index contributed by atoms with van der Waals surface area (Å²) in [6.45, 7) is 5.64. The predicted octanol–water partition coefficient (Wildman–Crippen LogP) is 9.06. The van der Waals surface area contributed by atoms with Gasteiger partial charge in [0.25, 0.3) is 0 Å². The minimum atomic E-state index is -0.135. The highest BCUT2D eigenvalue weighted by Crippen LogP contribution is 2.57. The van der Waals surface area contributed by atoms with E-state index < -0.39 is 0 Å². The molecule has 1 aromatic heterocycles. The maximum Gasteiger partial charge on any atom is 0.0435 e. The maximum atomic E-state index is 3.55. The minimum Gasteiger partial charge on any atom is -0.387 e. The summed E-state index contributed by atoms with van der Waals surface area (Å²) in [5.74, 6) is 0. The standard InChI is InChI=1S/C34H27NS/c1-34(2)28-19-20-35-21-27(28)30-29(23-12-5-3-6-13-23)32(24-14-7-4-8-15-24)36-33(30)26-18-17-22-11-9-10-16-25(22)31(26)34/h3-20,35H,21H2,1-2H3. The van der Waals surface area contributed by atoms with Crippen LogP contribution in [0.1, 0.15) is 25.0 Å². The van der Waals surface area contributed by atoms with Gasteiger partial charge in [-0.2, -0.15) is 0 Å². The average molecular weight is 482 g/mol. The highest BCUT2D eigenvalue weighted by molar-refractivity contribution is 7.20. The Kier molecular flexibility index (Phi) is 4.80. The van der Waals surface area contributed by atoms with Gasteiger partial charge in [-0.05, 0) is 56.4 Å². The van der Waals surface area contributed by atoms with Crippen molar-refractivity contribution in [1.82, 2.24) is 5.32 Å². The molecule has 1 aliphatic heterocycles. The van der Waals surface area contributed by atoms with Gasteiger partial charge in [-0.3, -0.25) is 0 Å². The van der Waals surface area contributed by atoms with Crippen LogP contribution >= 0.6 is 11.3 Å². The van der Waals surface area contributed by atoms with E-state index in [0.717, 1.165) is 6.54 Å². The molecule has 4 aromatic carbocycles. The number of benzene rings is 4. The lowest BCUT2D eigenvalue weighted by molar-refractivity contribution is 0.644. The summed E-state index contributed by atoms with van der Waals surface area (Å²) >= 11 is 1.94. The number of rotatable bonds is 2. The smallest absolute Gasteiger partial charge is 0.0435 e. The second kappa shape index (κ2) is 8.08. The summed E-state index contributed by atoms with van der Waals surface area (Å²) < 4.78 is 0. The monoisotopic (exact) mass is 481 g/mol. The van der Waals surface area contributed by atoms with Crippen LogP contribution in [0.2, 0.25) is 0 Å². The molecule has 2 aliphatic rings. The lowest BCUT2D eigenvalue weighted by atomic mass is 9.72. The van der Waals surface area contributed by atoms with Gasteiger partial charge in [-0.15, -0.1) is 11.3 Å². The van der Waals surface area contributed by atoms with E-state index in [9.17, 15) is 0 Å². The fourth-order valence-corrected chi connectivity index (χ4v) is 7.55. The van der Waals surface area contributed by atoms with Gasteiger partial charge in [0.2, 0.25) is 0 Å². The van der Waals surface area contributed by atoms with E-state index in [4.69, 9.17) is 0 Å². The van der Waals surface area contributed by atoms with Crippen molar-refractivity contribution in [3.63, 3.8) is 0 Å². The summed E-state index contributed by atoms with van der Waals surface area (Å²) in [6, 6.07) is 35.4. The van der Waals surface area contributed by atoms with Gasteiger partial charge >= 0.3 is 0 Å². The molecule has 0 bridgehead atoms. The Morgan fingerprint density at radius 3 is 2.17 bits per heavy atom. The van der Waals surface area contributed by atoms with Crippen LogP contribution in [0.3, 0.4) is 0 Å². The lowest BCUT2D eigenvalue weighted by Crippen LogP contribution is -2.25. The van der Waals surface area contributed by atoms with Gasteiger partial charge in [-0.1, -0.05) is 111 Å². The molecule has 0 saturated heterocycles. The Balaban J connectivity index is 1.69. The second-order valence-electron chi connectivity index (χ2n) is 10.2. The largest absolute Gasteiger partial charge is 0.387 e. The van der Waals surface area contributed by atoms with Gasteiger partial charge < -0.3 is 5.32 Å². The van der Waals surface area contributed by atoms with Crippen LogP contribution in [-0.4, -0.2) is 6.54 Å². The first kappa shape index (κ1) is 21.4. The van der Waals surface area contributed by atoms with E-state index in [2.05, 4.69) is 129 Å². The fourth-order valence-electron chi connectivity index (χ4n) is 6.16. The third-order valence-electron chi connectivity index (χ3n) is 7.75. The van der Waals surface area contributed by atoms with Crippen molar-refractivity contribution in [2.45, 2.75) is 19.3 Å². The Bertz CT molecular complexity index is 1680. The highest BCUT2D eigenvalue weighted by Gasteiger charge is 2.38. The number of allylic oxidation sites excluding steroid dienone is 2. The van der Waals surface area contributed by atoms with E-state index in [0.29, 0.717) is 0 Å². The van der Waals surface area contributed by atoms with Crippen LogP contribution in [0.5, 0.6) is 0 Å². The van der Waals surface area contributed by atoms with Crippen molar-refractivity contribution in [2.75, 3.05) is 6.54 Å². The minimum absolute atomic E-state index is 0.135. The first-order valence-corrected chi connectivity index (χ1v) is 13.4. The van der Waals surface area contributed by atoms with Crippen LogP contribution in [-0.2, 0) is 5.41 Å². The molecule has 2 heterocycles. The fraction of sp³-hybridized carbons (Fsp3) is 0.118. The molecule has 5 aromatic rings. The Labute approximate surface area is 216 Å². The van der Waals surface area contributed by atoms with E-state index in [1.54, 1.807) is 0 Å². The summed E-state index contributed by atoms with van der Waals surface area (Å²) in [5, 5.41) is 6.20. The van der Waals surface area contributed by atoms with Crippen LogP contribution in [0.15, 0.2) is 115 Å². The predicted molar refractivity (Wildman–Crippen MR) is 155 cm³/mol. The average Bonchev–Trinajstić information content (AvgIpc) is 3.30. The molecule has 0 fully saturated rings. The molecule has 1 nitrogen and oxygen atoms in total. The first-order chi connectivity index (χ1) is 17.6. The molecule has 0 saturated carbocycles. The van der Waals surface area contributed by atoms with E-state index in [1.807, 2.05) is 11.3 Å². The molecule has 36 heavy (non-hydrogen) atoms. The van der Waals surface area contributed by atoms with Gasteiger partial charge in [0, 0.05) is 32.8 Å². The second-order valence-corrected chi connectivity index (χ2v) is 11.2. The molecule has 7 rings (SSSR count). The SMILES string of the molecule is CC1(C)C2=C(CNC=C2)c2c(sc(-c3ccccc3)c2-c2ccccc2)-c2ccc3ccccc3c21. The van der Waals surface area contributed by atoms with Crippen molar-refractivity contribution < 1.29 is 0 Å². The Morgan fingerprint density at radius 1 is 0.694 bits per heavy atom. The van der Waals surface area contributed by atoms with Crippen molar-refractivity contribution in [3.05, 3.63) is 126 Å². The molecular weight excluding hydrogens is 454 g/mol. The summed E-state index contributed by atoms with van der Waals surface area (Å²) in [5.41, 5.74) is 10.8. The van der Waals surface area contributed by atoms with Gasteiger partial charge in [0.1, 0.15) is 0 Å². The van der Waals surface area contributed by atoms with Crippen LogP contribution in [0.4, 0.5) is 0 Å². The van der Waals surface area contributed by atoms with Crippen LogP contribution in [0.25, 0.3) is 48.4 Å². The molecule has 0 radical (unpaired) electrons. The van der Waals surface area contributed by atoms with E-state index in [1.165, 1.54) is 65.1 Å². The van der Waals surface area contributed by atoms with E-state index >= 15 is 0 Å². The lowest BCUT2D eigenvalue weighted by Gasteiger charge is -2.32. The number of fused-ring (bicyclic) bond motifs is 6. The van der Waals surface area contributed by atoms with E-state index in [-0.39, 0.29) is 5.41 Å². The summed E-state index contributed by atoms with van der Waals surface area (Å²) in [7, 11) is 0. The Hall–Kier alpha value is -3.88. The van der Waals surface area contributed by atoms with Crippen molar-refractivity contribution in [3.8, 4) is 32.0 Å². The van der Waals surface area contributed by atoms with Crippen molar-refractivity contribution >= 4 is 27.7 Å². The molecule has 2 heteroatoms. The molecule has 174 valence electrons. The van der Waals surface area contributed by atoms with Crippen LogP contribution < -0.4 is 5.32 Å². The zero-order valence-electron chi connectivity index (χ0n) is 20.5. The number of hydrogen-bond acceptors (Lipinski definition) is 2. The number of dihydropyridines is 1. The van der Waals surface area contributed by atoms with Gasteiger partial charge in [0.05, 0.1) is 0 Å². The maximum absolute atomic E-state index is 3.55. The Morgan fingerprint density at radius 2 is 1.39 bits per heavy atom. The third kappa shape index (κ3) is 3.08. The van der Waals surface area contributed by atoms with Gasteiger partial charge in [-0.25, -0.2) is 0 Å². The topological polar surface area (TPSA) is 12.0 Å². The summed E-state index contributed by atoms with van der Waals surface area (Å²) in [4.78, 5) is 2.72. The van der Waals surface area contributed by atoms with Gasteiger partial charge in [0.15, 0.2) is 0 Å². The normalized spacial score (nSPS) is 15.6. The molecule has 0 atom stereocenters. The first-order valence-electron chi connectivity index (χ1n) is 12.6. The molecule has 0 unspecified atom stereocenters. The quantitative estimate of drug-likeness (QED) is 0.265. The highest BCUT2D eigenvalue weighted by atomic mass is 32.1. The number of hydrogen-bond donors (Lipinski definition) is 1. The molecule has 0 spiro atoms. The number of nitrogens with one attached hydrogen (secondary N) is 1.